The zero-order valence-electron chi connectivity index (χ0n) is 21.3. The predicted octanol–water partition coefficient (Wildman–Crippen LogP) is 7.22. The van der Waals surface area contributed by atoms with Crippen molar-refractivity contribution < 1.29 is 19.1 Å². The molecule has 0 radical (unpaired) electrons. The fourth-order valence-corrected chi connectivity index (χ4v) is 6.11. The van der Waals surface area contributed by atoms with E-state index in [0.29, 0.717) is 11.5 Å². The maximum atomic E-state index is 6.66. The van der Waals surface area contributed by atoms with Gasteiger partial charge in [0.1, 0.15) is 28.3 Å². The molecule has 186 valence electrons. The zero-order valence-corrected chi connectivity index (χ0v) is 21.3. The summed E-state index contributed by atoms with van der Waals surface area (Å²) in [7, 11) is 0. The second-order valence-electron chi connectivity index (χ2n) is 10.2. The normalized spacial score (nSPS) is 16.2. The van der Waals surface area contributed by atoms with Gasteiger partial charge in [-0.15, -0.1) is 0 Å². The van der Waals surface area contributed by atoms with Crippen molar-refractivity contribution in [2.45, 2.75) is 45.2 Å². The van der Waals surface area contributed by atoms with Gasteiger partial charge in [0.05, 0.1) is 16.5 Å². The van der Waals surface area contributed by atoms with Crippen LogP contribution in [0.5, 0.6) is 34.5 Å². The Labute approximate surface area is 216 Å². The number of hydrazine groups is 1. The van der Waals surface area contributed by atoms with Gasteiger partial charge in [-0.3, -0.25) is 0 Å². The van der Waals surface area contributed by atoms with Gasteiger partial charge >= 0.3 is 0 Å². The molecule has 0 N–H and O–H groups in total. The van der Waals surface area contributed by atoms with Crippen LogP contribution in [0.25, 0.3) is 0 Å². The quantitative estimate of drug-likeness (QED) is 0.260. The zero-order chi connectivity index (χ0) is 25.3. The fourth-order valence-electron chi connectivity index (χ4n) is 6.11. The van der Waals surface area contributed by atoms with Crippen LogP contribution in [0.1, 0.15) is 49.9 Å². The lowest BCUT2D eigenvalue weighted by atomic mass is 9.61. The summed E-state index contributed by atoms with van der Waals surface area (Å²) < 4.78 is 13.1. The average Bonchev–Trinajstić information content (AvgIpc) is 2.87. The molecule has 3 aliphatic rings. The first kappa shape index (κ1) is 22.2. The molecule has 6 heteroatoms. The molecule has 0 bridgehead atoms. The Morgan fingerprint density at radius 2 is 0.946 bits per heavy atom. The van der Waals surface area contributed by atoms with Crippen LogP contribution in [0, 0.1) is 0 Å². The number of rotatable bonds is 3. The fraction of sp³-hybridized carbons (Fsp3) is 0.226. The topological polar surface area (TPSA) is 43.4 Å². The van der Waals surface area contributed by atoms with Crippen molar-refractivity contribution >= 4 is 0 Å². The molecule has 0 atom stereocenters. The standard InChI is InChI=1S/C31H28N2O4/c1-19(2)32(20(3)4)33-36-27-17-9-15-25-29(27)31(21-11-5-7-13-23(21)34-25)22-12-6-8-14-24(22)35-26-16-10-18-28(37-33)30(26)31/h5-20H,1-4H3. The van der Waals surface area contributed by atoms with Crippen molar-refractivity contribution in [3.05, 3.63) is 107 Å². The highest BCUT2D eigenvalue weighted by Crippen LogP contribution is 2.65. The van der Waals surface area contributed by atoms with Crippen LogP contribution in [0.3, 0.4) is 0 Å². The number of ether oxygens (including phenoxy) is 2. The van der Waals surface area contributed by atoms with E-state index >= 15 is 0 Å². The van der Waals surface area contributed by atoms with Gasteiger partial charge in [0.15, 0.2) is 11.5 Å². The molecule has 3 aliphatic heterocycles. The van der Waals surface area contributed by atoms with Gasteiger partial charge in [-0.05, 0) is 64.1 Å². The third-order valence-electron chi connectivity index (χ3n) is 7.35. The molecule has 0 saturated carbocycles. The number of para-hydroxylation sites is 2. The largest absolute Gasteiger partial charge is 0.457 e. The molecule has 0 unspecified atom stereocenters. The Kier molecular flexibility index (Phi) is 4.80. The van der Waals surface area contributed by atoms with Crippen molar-refractivity contribution in [2.24, 2.45) is 0 Å². The van der Waals surface area contributed by atoms with E-state index in [0.717, 1.165) is 45.3 Å². The van der Waals surface area contributed by atoms with Crippen molar-refractivity contribution in [3.63, 3.8) is 0 Å². The molecule has 7 rings (SSSR count). The van der Waals surface area contributed by atoms with Gasteiger partial charge in [-0.2, -0.15) is 5.01 Å². The summed E-state index contributed by atoms with van der Waals surface area (Å²) in [4.78, 5) is 13.3. The minimum absolute atomic E-state index is 0.122. The Morgan fingerprint density at radius 3 is 1.41 bits per heavy atom. The summed E-state index contributed by atoms with van der Waals surface area (Å²) in [6.07, 6.45) is 0. The van der Waals surface area contributed by atoms with E-state index in [1.54, 1.807) is 0 Å². The lowest BCUT2D eigenvalue weighted by Crippen LogP contribution is -2.55. The number of benzene rings is 4. The first-order chi connectivity index (χ1) is 18.0. The highest BCUT2D eigenvalue weighted by Gasteiger charge is 2.55. The molecule has 3 heterocycles. The molecular weight excluding hydrogens is 464 g/mol. The minimum atomic E-state index is -0.770. The Hall–Kier alpha value is -4.00. The monoisotopic (exact) mass is 492 g/mol. The van der Waals surface area contributed by atoms with Crippen LogP contribution < -0.4 is 19.1 Å². The second-order valence-corrected chi connectivity index (χ2v) is 10.2. The molecule has 6 nitrogen and oxygen atoms in total. The van der Waals surface area contributed by atoms with Crippen molar-refractivity contribution in [1.82, 2.24) is 10.3 Å². The second kappa shape index (κ2) is 8.00. The number of hydrogen-bond acceptors (Lipinski definition) is 6. The van der Waals surface area contributed by atoms with Crippen molar-refractivity contribution in [2.75, 3.05) is 0 Å². The molecule has 0 fully saturated rings. The highest BCUT2D eigenvalue weighted by molar-refractivity contribution is 5.79. The van der Waals surface area contributed by atoms with Crippen LogP contribution in [-0.2, 0) is 5.41 Å². The predicted molar refractivity (Wildman–Crippen MR) is 140 cm³/mol. The smallest absolute Gasteiger partial charge is 0.161 e. The molecular formula is C31H28N2O4. The van der Waals surface area contributed by atoms with Crippen LogP contribution in [0.2, 0.25) is 0 Å². The molecule has 0 saturated heterocycles. The molecule has 0 amide bonds. The van der Waals surface area contributed by atoms with E-state index in [2.05, 4.69) is 57.0 Å². The van der Waals surface area contributed by atoms with Gasteiger partial charge < -0.3 is 19.1 Å². The number of fused-ring (bicyclic) bond motifs is 2. The van der Waals surface area contributed by atoms with Gasteiger partial charge in [0.2, 0.25) is 0 Å². The summed E-state index contributed by atoms with van der Waals surface area (Å²) >= 11 is 0. The van der Waals surface area contributed by atoms with E-state index < -0.39 is 5.41 Å². The molecule has 37 heavy (non-hydrogen) atoms. The third-order valence-corrected chi connectivity index (χ3v) is 7.35. The SMILES string of the molecule is CC(C)N(C(C)C)N1Oc2cccc3c2C2(c4ccccc4O3)c3ccccc3Oc3cccc(c32)O1. The van der Waals surface area contributed by atoms with Crippen LogP contribution in [-0.4, -0.2) is 22.4 Å². The van der Waals surface area contributed by atoms with Gasteiger partial charge in [-0.25, -0.2) is 0 Å². The van der Waals surface area contributed by atoms with Gasteiger partial charge in [0, 0.05) is 23.2 Å². The molecule has 0 aromatic heterocycles. The Balaban J connectivity index is 1.63. The van der Waals surface area contributed by atoms with Gasteiger partial charge in [-0.1, -0.05) is 48.5 Å². The number of hydrogen-bond donors (Lipinski definition) is 0. The first-order valence-corrected chi connectivity index (χ1v) is 12.8. The van der Waals surface area contributed by atoms with E-state index in [9.17, 15) is 0 Å². The maximum absolute atomic E-state index is 6.66. The van der Waals surface area contributed by atoms with E-state index in [-0.39, 0.29) is 12.1 Å². The molecule has 1 spiro atoms. The summed E-state index contributed by atoms with van der Waals surface area (Å²) in [6, 6.07) is 28.6. The molecule has 0 aliphatic carbocycles. The van der Waals surface area contributed by atoms with E-state index in [1.165, 1.54) is 5.34 Å². The summed E-state index contributed by atoms with van der Waals surface area (Å²) in [5.41, 5.74) is 3.13. The van der Waals surface area contributed by atoms with Crippen LogP contribution >= 0.6 is 0 Å². The summed E-state index contributed by atoms with van der Waals surface area (Å²) in [5, 5.41) is 3.59. The third kappa shape index (κ3) is 3.00. The lowest BCUT2D eigenvalue weighted by Gasteiger charge is -2.48. The van der Waals surface area contributed by atoms with Crippen molar-refractivity contribution in [1.29, 1.82) is 0 Å². The lowest BCUT2D eigenvalue weighted by molar-refractivity contribution is -0.392. The maximum Gasteiger partial charge on any atom is 0.161 e. The first-order valence-electron chi connectivity index (χ1n) is 12.8. The average molecular weight is 493 g/mol. The van der Waals surface area contributed by atoms with Crippen LogP contribution in [0.4, 0.5) is 0 Å². The molecule has 4 aromatic rings. The van der Waals surface area contributed by atoms with E-state index in [1.807, 2.05) is 60.7 Å². The Morgan fingerprint density at radius 1 is 0.541 bits per heavy atom. The van der Waals surface area contributed by atoms with Crippen molar-refractivity contribution in [3.8, 4) is 34.5 Å². The van der Waals surface area contributed by atoms with Crippen LogP contribution in [0.15, 0.2) is 84.9 Å². The highest BCUT2D eigenvalue weighted by atomic mass is 17.0. The number of nitrogens with zero attached hydrogens (tertiary/aromatic N) is 2. The van der Waals surface area contributed by atoms with Gasteiger partial charge in [0.25, 0.3) is 0 Å². The summed E-state index contributed by atoms with van der Waals surface area (Å²) in [6.45, 7) is 8.48. The van der Waals surface area contributed by atoms with E-state index in [4.69, 9.17) is 19.1 Å². The molecule has 4 aromatic carbocycles. The Bertz CT molecular complexity index is 1420. The summed E-state index contributed by atoms with van der Waals surface area (Å²) in [5.74, 6) is 4.42. The minimum Gasteiger partial charge on any atom is -0.457 e.